The van der Waals surface area contributed by atoms with E-state index in [1.807, 2.05) is 13.8 Å². The molecule has 0 atom stereocenters. The molecule has 0 aliphatic carbocycles. The zero-order valence-corrected chi connectivity index (χ0v) is 10.3. The Labute approximate surface area is 95.7 Å². The van der Waals surface area contributed by atoms with Crippen LogP contribution in [0.5, 0.6) is 0 Å². The number of nitrogens with two attached hydrogens (primary N) is 1. The van der Waals surface area contributed by atoms with Crippen molar-refractivity contribution < 1.29 is 8.42 Å². The van der Waals surface area contributed by atoms with E-state index in [0.29, 0.717) is 0 Å². The van der Waals surface area contributed by atoms with Gasteiger partial charge in [0.05, 0.1) is 6.20 Å². The predicted molar refractivity (Wildman–Crippen MR) is 61.3 cm³/mol. The first-order chi connectivity index (χ1) is 7.43. The van der Waals surface area contributed by atoms with Gasteiger partial charge in [0.25, 0.3) is 10.0 Å². The standard InChI is InChI=1S/C9H18N4O2S/c1-3-9(10,4-2)7-12-16(14,15)8-5-6-11-13-8/h5-6,12H,3-4,7,10H2,1-2H3,(H,11,13). The monoisotopic (exact) mass is 246 g/mol. The van der Waals surface area contributed by atoms with E-state index in [1.165, 1.54) is 12.3 Å². The lowest BCUT2D eigenvalue weighted by Gasteiger charge is -2.26. The summed E-state index contributed by atoms with van der Waals surface area (Å²) in [6.45, 7) is 4.10. The molecule has 1 aromatic heterocycles. The Morgan fingerprint density at radius 2 is 2.12 bits per heavy atom. The third-order valence-electron chi connectivity index (χ3n) is 2.79. The maximum Gasteiger partial charge on any atom is 0.257 e. The minimum atomic E-state index is -3.52. The summed E-state index contributed by atoms with van der Waals surface area (Å²) in [5.41, 5.74) is 5.51. The molecule has 1 heterocycles. The van der Waals surface area contributed by atoms with Gasteiger partial charge in [0.1, 0.15) is 0 Å². The zero-order chi connectivity index (χ0) is 12.2. The molecule has 92 valence electrons. The summed E-state index contributed by atoms with van der Waals surface area (Å²) >= 11 is 0. The minimum Gasteiger partial charge on any atom is -0.324 e. The minimum absolute atomic E-state index is 0.0575. The molecule has 16 heavy (non-hydrogen) atoms. The first kappa shape index (κ1) is 13.1. The number of aromatic amines is 1. The number of H-pyrrole nitrogens is 1. The van der Waals surface area contributed by atoms with E-state index in [9.17, 15) is 8.42 Å². The number of nitrogens with one attached hydrogen (secondary N) is 2. The second kappa shape index (κ2) is 4.94. The molecular weight excluding hydrogens is 228 g/mol. The molecular formula is C9H18N4O2S. The Balaban J connectivity index is 2.69. The Hall–Kier alpha value is -0.920. The number of rotatable bonds is 6. The third-order valence-corrected chi connectivity index (χ3v) is 4.12. The van der Waals surface area contributed by atoms with Crippen LogP contribution in [0.3, 0.4) is 0 Å². The molecule has 0 saturated heterocycles. The quantitative estimate of drug-likeness (QED) is 0.667. The summed E-state index contributed by atoms with van der Waals surface area (Å²) < 4.78 is 25.9. The number of hydrogen-bond acceptors (Lipinski definition) is 4. The van der Waals surface area contributed by atoms with Crippen molar-refractivity contribution in [3.8, 4) is 0 Å². The maximum atomic E-state index is 11.7. The fraction of sp³-hybridized carbons (Fsp3) is 0.667. The van der Waals surface area contributed by atoms with Crippen LogP contribution in [0.4, 0.5) is 0 Å². The van der Waals surface area contributed by atoms with Gasteiger partial charge >= 0.3 is 0 Å². The van der Waals surface area contributed by atoms with Crippen molar-refractivity contribution in [3.63, 3.8) is 0 Å². The van der Waals surface area contributed by atoms with E-state index in [2.05, 4.69) is 14.9 Å². The summed E-state index contributed by atoms with van der Waals surface area (Å²) in [6.07, 6.45) is 2.83. The fourth-order valence-electron chi connectivity index (χ4n) is 1.21. The molecule has 0 aliphatic rings. The maximum absolute atomic E-state index is 11.7. The number of sulfonamides is 1. The van der Waals surface area contributed by atoms with E-state index < -0.39 is 15.6 Å². The molecule has 0 unspecified atom stereocenters. The van der Waals surface area contributed by atoms with E-state index in [-0.39, 0.29) is 11.6 Å². The summed E-state index contributed by atoms with van der Waals surface area (Å²) in [5, 5.41) is 6.06. The van der Waals surface area contributed by atoms with Gasteiger partial charge in [-0.05, 0) is 18.9 Å². The fourth-order valence-corrected chi connectivity index (χ4v) is 2.26. The lowest BCUT2D eigenvalue weighted by molar-refractivity contribution is 0.391. The molecule has 0 spiro atoms. The van der Waals surface area contributed by atoms with Crippen LogP contribution in [0.15, 0.2) is 17.3 Å². The van der Waals surface area contributed by atoms with Crippen molar-refractivity contribution in [1.82, 2.24) is 14.9 Å². The molecule has 0 aromatic carbocycles. The van der Waals surface area contributed by atoms with Crippen LogP contribution in [0.25, 0.3) is 0 Å². The van der Waals surface area contributed by atoms with Crippen LogP contribution < -0.4 is 10.5 Å². The lowest BCUT2D eigenvalue weighted by Crippen LogP contribution is -2.49. The summed E-state index contributed by atoms with van der Waals surface area (Å²) in [4.78, 5) is 0. The van der Waals surface area contributed by atoms with Crippen molar-refractivity contribution >= 4 is 10.0 Å². The number of aromatic nitrogens is 2. The van der Waals surface area contributed by atoms with Crippen LogP contribution in [-0.4, -0.2) is 30.7 Å². The van der Waals surface area contributed by atoms with Gasteiger partial charge in [0, 0.05) is 12.1 Å². The second-order valence-corrected chi connectivity index (χ2v) is 5.55. The highest BCUT2D eigenvalue weighted by Gasteiger charge is 2.24. The highest BCUT2D eigenvalue weighted by Crippen LogP contribution is 2.11. The van der Waals surface area contributed by atoms with Crippen molar-refractivity contribution in [1.29, 1.82) is 0 Å². The highest BCUT2D eigenvalue weighted by atomic mass is 32.2. The van der Waals surface area contributed by atoms with Gasteiger partial charge in [0.15, 0.2) is 5.03 Å². The normalized spacial score (nSPS) is 12.9. The Morgan fingerprint density at radius 3 is 2.56 bits per heavy atom. The van der Waals surface area contributed by atoms with Crippen LogP contribution in [0, 0.1) is 0 Å². The zero-order valence-electron chi connectivity index (χ0n) is 9.53. The number of nitrogens with zero attached hydrogens (tertiary/aromatic N) is 1. The SMILES string of the molecule is CCC(N)(CC)CNS(=O)(=O)c1ccn[nH]1. The van der Waals surface area contributed by atoms with Gasteiger partial charge in [-0.25, -0.2) is 13.1 Å². The Morgan fingerprint density at radius 1 is 1.50 bits per heavy atom. The largest absolute Gasteiger partial charge is 0.324 e. The second-order valence-electron chi connectivity index (χ2n) is 3.81. The van der Waals surface area contributed by atoms with E-state index in [1.54, 1.807) is 0 Å². The van der Waals surface area contributed by atoms with Crippen molar-refractivity contribution in [3.05, 3.63) is 12.3 Å². The molecule has 4 N–H and O–H groups in total. The van der Waals surface area contributed by atoms with Crippen LogP contribution in [0.1, 0.15) is 26.7 Å². The molecule has 0 radical (unpaired) electrons. The van der Waals surface area contributed by atoms with Gasteiger partial charge in [0.2, 0.25) is 0 Å². The first-order valence-electron chi connectivity index (χ1n) is 5.21. The van der Waals surface area contributed by atoms with Crippen LogP contribution >= 0.6 is 0 Å². The van der Waals surface area contributed by atoms with Crippen LogP contribution in [-0.2, 0) is 10.0 Å². The van der Waals surface area contributed by atoms with Crippen LogP contribution in [0.2, 0.25) is 0 Å². The number of hydrogen-bond donors (Lipinski definition) is 3. The Bertz CT molecular complexity index is 409. The molecule has 0 fully saturated rings. The van der Waals surface area contributed by atoms with Gasteiger partial charge in [-0.2, -0.15) is 5.10 Å². The summed E-state index contributed by atoms with van der Waals surface area (Å²) in [6, 6.07) is 1.40. The van der Waals surface area contributed by atoms with Gasteiger partial charge in [-0.1, -0.05) is 13.8 Å². The highest BCUT2D eigenvalue weighted by molar-refractivity contribution is 7.89. The molecule has 1 aromatic rings. The van der Waals surface area contributed by atoms with Crippen molar-refractivity contribution in [2.75, 3.05) is 6.54 Å². The average Bonchev–Trinajstić information content (AvgIpc) is 2.80. The molecule has 0 bridgehead atoms. The van der Waals surface area contributed by atoms with E-state index in [4.69, 9.17) is 5.73 Å². The molecule has 0 saturated carbocycles. The Kier molecular flexibility index (Phi) is 4.06. The molecule has 0 aliphatic heterocycles. The predicted octanol–water partition coefficient (Wildman–Crippen LogP) is 0.206. The van der Waals surface area contributed by atoms with Gasteiger partial charge in [-0.3, -0.25) is 5.10 Å². The lowest BCUT2D eigenvalue weighted by atomic mass is 9.95. The smallest absolute Gasteiger partial charge is 0.257 e. The van der Waals surface area contributed by atoms with Gasteiger partial charge in [-0.15, -0.1) is 0 Å². The molecule has 7 heteroatoms. The van der Waals surface area contributed by atoms with Crippen molar-refractivity contribution in [2.45, 2.75) is 37.3 Å². The molecule has 0 amide bonds. The summed E-state index contributed by atoms with van der Waals surface area (Å²) in [5.74, 6) is 0. The molecule has 6 nitrogen and oxygen atoms in total. The van der Waals surface area contributed by atoms with Crippen molar-refractivity contribution in [2.24, 2.45) is 5.73 Å². The average molecular weight is 246 g/mol. The molecule has 1 rings (SSSR count). The van der Waals surface area contributed by atoms with E-state index >= 15 is 0 Å². The van der Waals surface area contributed by atoms with E-state index in [0.717, 1.165) is 12.8 Å². The van der Waals surface area contributed by atoms with Gasteiger partial charge < -0.3 is 5.73 Å². The summed E-state index contributed by atoms with van der Waals surface area (Å²) in [7, 11) is -3.52. The topological polar surface area (TPSA) is 101 Å². The first-order valence-corrected chi connectivity index (χ1v) is 6.70. The third kappa shape index (κ3) is 3.03.